The number of hydrogen-bond acceptors (Lipinski definition) is 5. The summed E-state index contributed by atoms with van der Waals surface area (Å²) >= 11 is 0. The van der Waals surface area contributed by atoms with Gasteiger partial charge in [0.1, 0.15) is 0 Å². The molecule has 2 heterocycles. The highest BCUT2D eigenvalue weighted by atomic mass is 16.5. The first-order valence-corrected chi connectivity index (χ1v) is 7.34. The molecule has 2 rings (SSSR count). The Labute approximate surface area is 115 Å². The number of piperidine rings is 1. The second-order valence-electron chi connectivity index (χ2n) is 6.18. The van der Waals surface area contributed by atoms with Gasteiger partial charge >= 0.3 is 0 Å². The van der Waals surface area contributed by atoms with Crippen LogP contribution in [-0.2, 0) is 13.0 Å². The predicted octanol–water partition coefficient (Wildman–Crippen LogP) is 1.83. The first-order chi connectivity index (χ1) is 9.04. The molecule has 108 valence electrons. The summed E-state index contributed by atoms with van der Waals surface area (Å²) in [6, 6.07) is 0.309. The standard InChI is InChI=1S/C14H26N4O/c1-10(2)8-13-16-14(19-17-13)9-18-6-4-12(5-7-18)11(3)15/h10-12H,4-9,15H2,1-3H3. The van der Waals surface area contributed by atoms with Crippen LogP contribution in [0.2, 0.25) is 0 Å². The quantitative estimate of drug-likeness (QED) is 0.880. The summed E-state index contributed by atoms with van der Waals surface area (Å²) in [5.74, 6) is 2.80. The van der Waals surface area contributed by atoms with E-state index in [2.05, 4.69) is 35.8 Å². The van der Waals surface area contributed by atoms with Crippen LogP contribution in [0.3, 0.4) is 0 Å². The molecule has 0 spiro atoms. The fourth-order valence-electron chi connectivity index (χ4n) is 2.63. The number of nitrogens with two attached hydrogens (primary N) is 1. The maximum atomic E-state index is 5.96. The molecule has 1 atom stereocenters. The number of nitrogens with zero attached hydrogens (tertiary/aromatic N) is 3. The van der Waals surface area contributed by atoms with E-state index < -0.39 is 0 Å². The minimum Gasteiger partial charge on any atom is -0.338 e. The van der Waals surface area contributed by atoms with Gasteiger partial charge in [0.15, 0.2) is 5.82 Å². The fourth-order valence-corrected chi connectivity index (χ4v) is 2.63. The maximum Gasteiger partial charge on any atom is 0.240 e. The number of hydrogen-bond donors (Lipinski definition) is 1. The first kappa shape index (κ1) is 14.5. The van der Waals surface area contributed by atoms with Crippen LogP contribution in [0, 0.1) is 11.8 Å². The molecular formula is C14H26N4O. The van der Waals surface area contributed by atoms with Gasteiger partial charge in [0.05, 0.1) is 6.54 Å². The monoisotopic (exact) mass is 266 g/mol. The van der Waals surface area contributed by atoms with Gasteiger partial charge in [0.2, 0.25) is 5.89 Å². The highest BCUT2D eigenvalue weighted by Crippen LogP contribution is 2.20. The van der Waals surface area contributed by atoms with Gasteiger partial charge in [0, 0.05) is 12.5 Å². The van der Waals surface area contributed by atoms with Crippen LogP contribution < -0.4 is 5.73 Å². The van der Waals surface area contributed by atoms with Crippen LogP contribution in [0.25, 0.3) is 0 Å². The summed E-state index contributed by atoms with van der Waals surface area (Å²) in [6.45, 7) is 9.36. The fraction of sp³-hybridized carbons (Fsp3) is 0.857. The van der Waals surface area contributed by atoms with E-state index in [0.29, 0.717) is 17.9 Å². The summed E-state index contributed by atoms with van der Waals surface area (Å²) < 4.78 is 5.32. The Bertz CT molecular complexity index is 381. The lowest BCUT2D eigenvalue weighted by Crippen LogP contribution is -2.39. The third-order valence-electron chi connectivity index (χ3n) is 3.84. The molecule has 1 aliphatic rings. The lowest BCUT2D eigenvalue weighted by Gasteiger charge is -2.32. The molecule has 1 aromatic rings. The minimum atomic E-state index is 0.309. The predicted molar refractivity (Wildman–Crippen MR) is 74.5 cm³/mol. The zero-order valence-electron chi connectivity index (χ0n) is 12.3. The van der Waals surface area contributed by atoms with E-state index in [1.54, 1.807) is 0 Å². The van der Waals surface area contributed by atoms with Crippen LogP contribution in [0.1, 0.15) is 45.3 Å². The van der Waals surface area contributed by atoms with Crippen molar-refractivity contribution in [2.75, 3.05) is 13.1 Å². The molecule has 0 radical (unpaired) electrons. The lowest BCUT2D eigenvalue weighted by molar-refractivity contribution is 0.149. The van der Waals surface area contributed by atoms with Crippen molar-refractivity contribution in [1.29, 1.82) is 0 Å². The van der Waals surface area contributed by atoms with Crippen LogP contribution >= 0.6 is 0 Å². The second kappa shape index (κ2) is 6.48. The summed E-state index contributed by atoms with van der Waals surface area (Å²) in [6.07, 6.45) is 3.23. The summed E-state index contributed by atoms with van der Waals surface area (Å²) in [5.41, 5.74) is 5.96. The van der Waals surface area contributed by atoms with Gasteiger partial charge in [-0.25, -0.2) is 0 Å². The molecule has 19 heavy (non-hydrogen) atoms. The van der Waals surface area contributed by atoms with Gasteiger partial charge < -0.3 is 10.3 Å². The molecule has 0 aliphatic carbocycles. The molecule has 1 aliphatic heterocycles. The Morgan fingerprint density at radius 1 is 1.32 bits per heavy atom. The zero-order valence-corrected chi connectivity index (χ0v) is 12.3. The van der Waals surface area contributed by atoms with Crippen LogP contribution in [-0.4, -0.2) is 34.2 Å². The van der Waals surface area contributed by atoms with Gasteiger partial charge in [-0.1, -0.05) is 19.0 Å². The van der Waals surface area contributed by atoms with Crippen molar-refractivity contribution >= 4 is 0 Å². The van der Waals surface area contributed by atoms with Crippen LogP contribution in [0.5, 0.6) is 0 Å². The second-order valence-corrected chi connectivity index (χ2v) is 6.18. The van der Waals surface area contributed by atoms with Gasteiger partial charge in [-0.15, -0.1) is 0 Å². The molecule has 5 heteroatoms. The minimum absolute atomic E-state index is 0.309. The molecule has 0 amide bonds. The van der Waals surface area contributed by atoms with Crippen LogP contribution in [0.4, 0.5) is 0 Å². The van der Waals surface area contributed by atoms with E-state index in [4.69, 9.17) is 10.3 Å². The van der Waals surface area contributed by atoms with E-state index in [-0.39, 0.29) is 0 Å². The topological polar surface area (TPSA) is 68.2 Å². The molecule has 5 nitrogen and oxygen atoms in total. The number of aromatic nitrogens is 2. The number of likely N-dealkylation sites (tertiary alicyclic amines) is 1. The normalized spacial score (nSPS) is 20.1. The van der Waals surface area contributed by atoms with E-state index in [1.165, 1.54) is 12.8 Å². The third-order valence-corrected chi connectivity index (χ3v) is 3.84. The molecule has 0 saturated carbocycles. The van der Waals surface area contributed by atoms with Crippen molar-refractivity contribution in [3.8, 4) is 0 Å². The Morgan fingerprint density at radius 2 is 2.00 bits per heavy atom. The Balaban J connectivity index is 1.80. The highest BCUT2D eigenvalue weighted by Gasteiger charge is 2.23. The number of rotatable bonds is 5. The van der Waals surface area contributed by atoms with E-state index in [0.717, 1.165) is 37.8 Å². The van der Waals surface area contributed by atoms with Crippen molar-refractivity contribution in [3.63, 3.8) is 0 Å². The third kappa shape index (κ3) is 4.28. The van der Waals surface area contributed by atoms with Gasteiger partial charge in [-0.3, -0.25) is 4.90 Å². The lowest BCUT2D eigenvalue weighted by atomic mass is 9.91. The van der Waals surface area contributed by atoms with E-state index >= 15 is 0 Å². The molecule has 2 N–H and O–H groups in total. The van der Waals surface area contributed by atoms with Crippen LogP contribution in [0.15, 0.2) is 4.52 Å². The summed E-state index contributed by atoms with van der Waals surface area (Å²) in [4.78, 5) is 6.84. The van der Waals surface area contributed by atoms with Crippen molar-refractivity contribution in [2.24, 2.45) is 17.6 Å². The Kier molecular flexibility index (Phi) is 4.93. The van der Waals surface area contributed by atoms with E-state index in [9.17, 15) is 0 Å². The highest BCUT2D eigenvalue weighted by molar-refractivity contribution is 4.88. The van der Waals surface area contributed by atoms with Gasteiger partial charge in [0.25, 0.3) is 0 Å². The molecular weight excluding hydrogens is 240 g/mol. The average molecular weight is 266 g/mol. The Hall–Kier alpha value is -0.940. The van der Waals surface area contributed by atoms with Crippen molar-refractivity contribution < 1.29 is 4.52 Å². The molecule has 1 aromatic heterocycles. The van der Waals surface area contributed by atoms with Crippen molar-refractivity contribution in [1.82, 2.24) is 15.0 Å². The molecule has 1 unspecified atom stereocenters. The maximum absolute atomic E-state index is 5.96. The molecule has 1 saturated heterocycles. The SMILES string of the molecule is CC(C)Cc1noc(CN2CCC(C(C)N)CC2)n1. The van der Waals surface area contributed by atoms with Gasteiger partial charge in [-0.2, -0.15) is 4.98 Å². The van der Waals surface area contributed by atoms with Gasteiger partial charge in [-0.05, 0) is 44.7 Å². The molecule has 1 fully saturated rings. The average Bonchev–Trinajstić information content (AvgIpc) is 2.76. The van der Waals surface area contributed by atoms with Crippen molar-refractivity contribution in [3.05, 3.63) is 11.7 Å². The summed E-state index contributed by atoms with van der Waals surface area (Å²) in [7, 11) is 0. The largest absolute Gasteiger partial charge is 0.338 e. The van der Waals surface area contributed by atoms with E-state index in [1.807, 2.05) is 0 Å². The first-order valence-electron chi connectivity index (χ1n) is 7.34. The molecule has 0 aromatic carbocycles. The summed E-state index contributed by atoms with van der Waals surface area (Å²) in [5, 5.41) is 4.03. The van der Waals surface area contributed by atoms with Crippen molar-refractivity contribution in [2.45, 2.75) is 52.6 Å². The smallest absolute Gasteiger partial charge is 0.240 e. The molecule has 0 bridgehead atoms. The zero-order chi connectivity index (χ0) is 13.8. The Morgan fingerprint density at radius 3 is 2.58 bits per heavy atom.